The van der Waals surface area contributed by atoms with E-state index in [2.05, 4.69) is 99.6 Å². The second kappa shape index (κ2) is 9.62. The Labute approximate surface area is 252 Å². The average molecular weight is 568 g/mol. The minimum atomic E-state index is -1.21. The Hall–Kier alpha value is -3.27. The van der Waals surface area contributed by atoms with E-state index in [1.807, 2.05) is 6.07 Å². The third-order valence-corrected chi connectivity index (χ3v) is 9.90. The van der Waals surface area contributed by atoms with E-state index in [1.54, 1.807) is 12.1 Å². The number of hydrogen-bond acceptors (Lipinski definition) is 4. The van der Waals surface area contributed by atoms with Crippen molar-refractivity contribution in [1.29, 1.82) is 0 Å². The van der Waals surface area contributed by atoms with Crippen molar-refractivity contribution in [3.8, 4) is 11.5 Å². The number of rotatable bonds is 4. The molecule has 4 heteroatoms. The van der Waals surface area contributed by atoms with Crippen molar-refractivity contribution in [3.63, 3.8) is 0 Å². The topological polar surface area (TPSA) is 69.6 Å². The van der Waals surface area contributed by atoms with E-state index in [0.29, 0.717) is 24.5 Å². The molecule has 0 amide bonds. The van der Waals surface area contributed by atoms with E-state index in [9.17, 15) is 15.0 Å². The van der Waals surface area contributed by atoms with Crippen LogP contribution in [0.1, 0.15) is 131 Å². The third-order valence-electron chi connectivity index (χ3n) is 9.90. The summed E-state index contributed by atoms with van der Waals surface area (Å²) in [5, 5.41) is 23.1. The maximum absolute atomic E-state index is 11.7. The molecule has 0 saturated carbocycles. The molecule has 1 atom stereocenters. The molecule has 2 aliphatic rings. The van der Waals surface area contributed by atoms with Crippen molar-refractivity contribution in [2.45, 2.75) is 116 Å². The quantitative estimate of drug-likeness (QED) is 0.352. The van der Waals surface area contributed by atoms with Gasteiger partial charge in [-0.25, -0.2) is 0 Å². The van der Waals surface area contributed by atoms with Crippen molar-refractivity contribution in [2.75, 3.05) is 6.61 Å². The number of carbonyl (C=O) groups is 1. The van der Waals surface area contributed by atoms with Gasteiger partial charge in [-0.1, -0.05) is 112 Å². The number of ether oxygens (including phenoxy) is 1. The molecule has 3 aromatic carbocycles. The van der Waals surface area contributed by atoms with Crippen LogP contribution >= 0.6 is 0 Å². The van der Waals surface area contributed by atoms with Crippen LogP contribution in [-0.2, 0) is 33.5 Å². The molecule has 5 rings (SSSR count). The van der Waals surface area contributed by atoms with Crippen LogP contribution in [0, 0.1) is 0 Å². The van der Waals surface area contributed by atoms with Gasteiger partial charge in [-0.3, -0.25) is 0 Å². The summed E-state index contributed by atoms with van der Waals surface area (Å²) >= 11 is 0. The third kappa shape index (κ3) is 5.01. The molecule has 4 nitrogen and oxygen atoms in total. The van der Waals surface area contributed by atoms with Gasteiger partial charge in [0, 0.05) is 11.1 Å². The summed E-state index contributed by atoms with van der Waals surface area (Å²) in [6.07, 6.45) is 2.92. The molecular formula is C38H47O4-. The van der Waals surface area contributed by atoms with Gasteiger partial charge in [0.15, 0.2) is 0 Å². The number of aromatic carboxylic acids is 1. The molecule has 1 unspecified atom stereocenters. The van der Waals surface area contributed by atoms with E-state index in [4.69, 9.17) is 4.74 Å². The van der Waals surface area contributed by atoms with Crippen LogP contribution in [0.15, 0.2) is 48.5 Å². The fourth-order valence-corrected chi connectivity index (χ4v) is 7.10. The maximum Gasteiger partial charge on any atom is 0.124 e. The van der Waals surface area contributed by atoms with Crippen LogP contribution in [0.3, 0.4) is 0 Å². The largest absolute Gasteiger partial charge is 0.545 e. The van der Waals surface area contributed by atoms with Gasteiger partial charge in [-0.15, -0.1) is 0 Å². The molecule has 0 saturated heterocycles. The highest BCUT2D eigenvalue weighted by Gasteiger charge is 2.45. The average Bonchev–Trinajstić information content (AvgIpc) is 3.25. The van der Waals surface area contributed by atoms with Gasteiger partial charge in [-0.2, -0.15) is 0 Å². The smallest absolute Gasteiger partial charge is 0.124 e. The molecule has 1 aliphatic carbocycles. The van der Waals surface area contributed by atoms with Gasteiger partial charge < -0.3 is 19.7 Å². The molecule has 0 bridgehead atoms. The molecule has 42 heavy (non-hydrogen) atoms. The van der Waals surface area contributed by atoms with Crippen LogP contribution in [0.4, 0.5) is 0 Å². The molecule has 0 aromatic heterocycles. The highest BCUT2D eigenvalue weighted by molar-refractivity contribution is 5.86. The number of phenols is 1. The van der Waals surface area contributed by atoms with Crippen LogP contribution < -0.4 is 9.84 Å². The second-order valence-corrected chi connectivity index (χ2v) is 16.1. The van der Waals surface area contributed by atoms with E-state index >= 15 is 0 Å². The molecule has 3 aromatic rings. The Morgan fingerprint density at radius 1 is 0.810 bits per heavy atom. The number of phenolic OH excluding ortho intramolecular Hbond substituents is 1. The summed E-state index contributed by atoms with van der Waals surface area (Å²) in [7, 11) is 0. The monoisotopic (exact) mass is 567 g/mol. The number of carboxylic acid groups (broad SMARTS) is 1. The number of fused-ring (bicyclic) bond motifs is 2. The predicted octanol–water partition coefficient (Wildman–Crippen LogP) is 7.62. The highest BCUT2D eigenvalue weighted by atomic mass is 16.5. The summed E-state index contributed by atoms with van der Waals surface area (Å²) in [5.74, 6) is -0.244. The Morgan fingerprint density at radius 3 is 1.90 bits per heavy atom. The zero-order valence-electron chi connectivity index (χ0n) is 27.1. The zero-order valence-corrected chi connectivity index (χ0v) is 27.1. The van der Waals surface area contributed by atoms with Gasteiger partial charge in [0.05, 0.1) is 11.4 Å². The lowest BCUT2D eigenvalue weighted by Gasteiger charge is -2.43. The lowest BCUT2D eigenvalue weighted by Crippen LogP contribution is -2.37. The van der Waals surface area contributed by atoms with Crippen molar-refractivity contribution in [3.05, 3.63) is 93.0 Å². The molecule has 1 N–H and O–H groups in total. The van der Waals surface area contributed by atoms with Crippen LogP contribution in [-0.4, -0.2) is 17.7 Å². The Bertz CT molecular complexity index is 1530. The Morgan fingerprint density at radius 2 is 1.36 bits per heavy atom. The summed E-state index contributed by atoms with van der Waals surface area (Å²) in [6, 6.07) is 16.5. The molecule has 1 aliphatic heterocycles. The van der Waals surface area contributed by atoms with E-state index in [1.165, 1.54) is 16.7 Å². The maximum atomic E-state index is 11.7. The van der Waals surface area contributed by atoms with Gasteiger partial charge in [-0.05, 0) is 80.4 Å². The fraction of sp³-hybridized carbons (Fsp3) is 0.500. The first-order chi connectivity index (χ1) is 19.3. The van der Waals surface area contributed by atoms with Crippen LogP contribution in [0.5, 0.6) is 11.5 Å². The lowest BCUT2D eigenvalue weighted by molar-refractivity contribution is -0.255. The number of aromatic hydroxyl groups is 1. The molecule has 0 radical (unpaired) electrons. The van der Waals surface area contributed by atoms with Crippen molar-refractivity contribution < 1.29 is 19.7 Å². The molecular weight excluding hydrogens is 520 g/mol. The van der Waals surface area contributed by atoms with Gasteiger partial charge in [0.25, 0.3) is 0 Å². The lowest BCUT2D eigenvalue weighted by atomic mass is 9.61. The first-order valence-corrected chi connectivity index (χ1v) is 15.3. The first kappa shape index (κ1) is 30.2. The van der Waals surface area contributed by atoms with Gasteiger partial charge >= 0.3 is 0 Å². The van der Waals surface area contributed by atoms with Gasteiger partial charge in [0.1, 0.15) is 18.1 Å². The minimum Gasteiger partial charge on any atom is -0.545 e. The van der Waals surface area contributed by atoms with Gasteiger partial charge in [0.2, 0.25) is 0 Å². The number of benzene rings is 3. The van der Waals surface area contributed by atoms with Crippen LogP contribution in [0.2, 0.25) is 0 Å². The van der Waals surface area contributed by atoms with E-state index in [0.717, 1.165) is 35.1 Å². The summed E-state index contributed by atoms with van der Waals surface area (Å²) in [6.45, 7) is 22.6. The van der Waals surface area contributed by atoms with E-state index < -0.39 is 11.4 Å². The Balaban J connectivity index is 1.77. The van der Waals surface area contributed by atoms with E-state index in [-0.39, 0.29) is 27.2 Å². The highest BCUT2D eigenvalue weighted by Crippen LogP contribution is 2.51. The second-order valence-electron chi connectivity index (χ2n) is 16.1. The molecule has 224 valence electrons. The molecule has 1 heterocycles. The summed E-state index contributed by atoms with van der Waals surface area (Å²) < 4.78 is 6.35. The number of hydrogen-bond donors (Lipinski definition) is 1. The normalized spacial score (nSPS) is 20.9. The zero-order chi connectivity index (χ0) is 31.0. The van der Waals surface area contributed by atoms with Crippen molar-refractivity contribution in [2.24, 2.45) is 0 Å². The first-order valence-electron chi connectivity index (χ1n) is 15.3. The standard InChI is InChI=1S/C38H48O4/c1-34(2,3)29-17-23(18-30(32(29)39)35(4,5)6)21-38(22-42-31-19-24(33(40)41)11-13-27(31)38)25-12-14-26-28(20-25)37(9,10)16-15-36(26,7)8/h11-14,17-20,39H,15-16,21-22H2,1-10H3,(H,40,41)/p-1. The van der Waals surface area contributed by atoms with Crippen LogP contribution in [0.25, 0.3) is 0 Å². The Kier molecular flexibility index (Phi) is 6.92. The molecule has 0 spiro atoms. The number of carboxylic acids is 1. The predicted molar refractivity (Wildman–Crippen MR) is 168 cm³/mol. The van der Waals surface area contributed by atoms with Crippen molar-refractivity contribution in [1.82, 2.24) is 0 Å². The fourth-order valence-electron chi connectivity index (χ4n) is 7.10. The van der Waals surface area contributed by atoms with Crippen molar-refractivity contribution >= 4 is 5.97 Å². The summed E-state index contributed by atoms with van der Waals surface area (Å²) in [4.78, 5) is 11.7. The molecule has 0 fully saturated rings. The SMILES string of the molecule is CC(C)(C)c1cc(CC2(c3ccc4c(c3)C(C)(C)CCC4(C)C)COc3cc(C(=O)[O-])ccc32)cc(C(C)(C)C)c1O. The minimum absolute atomic E-state index is 0.0422. The number of carbonyl (C=O) groups excluding carboxylic acids is 1. The summed E-state index contributed by atoms with van der Waals surface area (Å²) in [5.41, 5.74) is 7.17.